The van der Waals surface area contributed by atoms with E-state index in [1.165, 1.54) is 4.90 Å². The van der Waals surface area contributed by atoms with Crippen molar-refractivity contribution >= 4 is 11.8 Å². The summed E-state index contributed by atoms with van der Waals surface area (Å²) in [5, 5.41) is 2.84. The van der Waals surface area contributed by atoms with E-state index in [2.05, 4.69) is 5.32 Å². The van der Waals surface area contributed by atoms with Crippen LogP contribution in [0, 0.1) is 11.3 Å². The molecule has 0 spiro atoms. The van der Waals surface area contributed by atoms with Crippen LogP contribution in [0.3, 0.4) is 0 Å². The minimum absolute atomic E-state index is 0.0137. The Labute approximate surface area is 175 Å². The number of rotatable bonds is 5. The zero-order valence-corrected chi connectivity index (χ0v) is 17.5. The van der Waals surface area contributed by atoms with Crippen molar-refractivity contribution in [3.63, 3.8) is 0 Å². The molecule has 5 nitrogen and oxygen atoms in total. The molecule has 2 fully saturated rings. The topological polar surface area (TPSA) is 52.7 Å². The van der Waals surface area contributed by atoms with Gasteiger partial charge in [0.25, 0.3) is 0 Å². The number of nitrogens with zero attached hydrogens (tertiary/aromatic N) is 2. The number of likely N-dealkylation sites (tertiary alicyclic amines) is 2. The van der Waals surface area contributed by atoms with E-state index in [9.17, 15) is 22.8 Å². The van der Waals surface area contributed by atoms with Crippen LogP contribution in [-0.4, -0.2) is 60.0 Å². The van der Waals surface area contributed by atoms with Crippen LogP contribution in [0.15, 0.2) is 30.3 Å². The molecule has 8 heteroatoms. The molecule has 2 saturated heterocycles. The number of amides is 2. The van der Waals surface area contributed by atoms with Crippen molar-refractivity contribution in [3.05, 3.63) is 35.9 Å². The lowest BCUT2D eigenvalue weighted by molar-refractivity contribution is -0.224. The van der Waals surface area contributed by atoms with Crippen molar-refractivity contribution in [2.45, 2.75) is 51.9 Å². The average molecular weight is 425 g/mol. The number of carbonyl (C=O) groups excluding carboxylic acids is 2. The predicted octanol–water partition coefficient (Wildman–Crippen LogP) is 3.20. The van der Waals surface area contributed by atoms with Gasteiger partial charge in [0.1, 0.15) is 0 Å². The van der Waals surface area contributed by atoms with E-state index in [1.54, 1.807) is 4.90 Å². The van der Waals surface area contributed by atoms with Crippen molar-refractivity contribution in [1.29, 1.82) is 0 Å². The first-order valence-electron chi connectivity index (χ1n) is 10.5. The molecule has 0 saturated carbocycles. The van der Waals surface area contributed by atoms with E-state index in [1.807, 2.05) is 44.2 Å². The Balaban J connectivity index is 1.66. The number of benzene rings is 1. The molecular weight excluding hydrogens is 395 g/mol. The standard InChI is InChI=1S/C22H30F3N3O2/c1-16(2)26-19(29)18-8-11-28(12-9-18)20(30)21(22(23,24)25)10-13-27(15-21)14-17-6-4-3-5-7-17/h3-7,16,18H,8-15H2,1-2H3,(H,26,29). The third-order valence-corrected chi connectivity index (χ3v) is 6.13. The Bertz CT molecular complexity index is 746. The molecule has 3 rings (SSSR count). The summed E-state index contributed by atoms with van der Waals surface area (Å²) in [5.74, 6) is -1.18. The third kappa shape index (κ3) is 4.79. The lowest BCUT2D eigenvalue weighted by Gasteiger charge is -2.39. The number of alkyl halides is 3. The number of piperidine rings is 1. The summed E-state index contributed by atoms with van der Waals surface area (Å²) in [7, 11) is 0. The molecule has 1 atom stereocenters. The van der Waals surface area contributed by atoms with Crippen LogP contribution >= 0.6 is 0 Å². The number of nitrogens with one attached hydrogen (secondary N) is 1. The molecule has 30 heavy (non-hydrogen) atoms. The first kappa shape index (κ1) is 22.6. The molecule has 0 aromatic heterocycles. The number of hydrogen-bond acceptors (Lipinski definition) is 3. The maximum Gasteiger partial charge on any atom is 0.404 e. The second kappa shape index (κ2) is 8.96. The molecule has 1 unspecified atom stereocenters. The molecule has 2 aliphatic rings. The first-order valence-corrected chi connectivity index (χ1v) is 10.5. The van der Waals surface area contributed by atoms with E-state index >= 15 is 0 Å². The minimum atomic E-state index is -4.61. The van der Waals surface area contributed by atoms with Gasteiger partial charge >= 0.3 is 6.18 Å². The highest BCUT2D eigenvalue weighted by molar-refractivity contribution is 5.85. The van der Waals surface area contributed by atoms with Crippen LogP contribution < -0.4 is 5.32 Å². The van der Waals surface area contributed by atoms with E-state index in [0.717, 1.165) is 5.56 Å². The van der Waals surface area contributed by atoms with Crippen molar-refractivity contribution in [3.8, 4) is 0 Å². The zero-order valence-electron chi connectivity index (χ0n) is 17.5. The molecular formula is C22H30F3N3O2. The Morgan fingerprint density at radius 1 is 1.13 bits per heavy atom. The van der Waals surface area contributed by atoms with Crippen molar-refractivity contribution in [2.24, 2.45) is 11.3 Å². The second-order valence-corrected chi connectivity index (χ2v) is 8.76. The smallest absolute Gasteiger partial charge is 0.354 e. The van der Waals surface area contributed by atoms with Crippen LogP contribution in [-0.2, 0) is 16.1 Å². The quantitative estimate of drug-likeness (QED) is 0.788. The first-order chi connectivity index (χ1) is 14.1. The Hall–Kier alpha value is -2.09. The number of halogens is 3. The Morgan fingerprint density at radius 2 is 1.77 bits per heavy atom. The third-order valence-electron chi connectivity index (χ3n) is 6.13. The maximum atomic E-state index is 14.1. The molecule has 1 aromatic rings. The predicted molar refractivity (Wildman–Crippen MR) is 107 cm³/mol. The summed E-state index contributed by atoms with van der Waals surface area (Å²) in [6.45, 7) is 4.40. The summed E-state index contributed by atoms with van der Waals surface area (Å²) < 4.78 is 42.4. The summed E-state index contributed by atoms with van der Waals surface area (Å²) in [5.41, 5.74) is -1.44. The molecule has 2 aliphatic heterocycles. The molecule has 1 N–H and O–H groups in total. The van der Waals surface area contributed by atoms with Gasteiger partial charge in [0.2, 0.25) is 11.8 Å². The van der Waals surface area contributed by atoms with Crippen molar-refractivity contribution in [1.82, 2.24) is 15.1 Å². The number of hydrogen-bond donors (Lipinski definition) is 1. The van der Waals surface area contributed by atoms with Crippen LogP contribution in [0.1, 0.15) is 38.7 Å². The SMILES string of the molecule is CC(C)NC(=O)C1CCN(C(=O)C2(C(F)(F)F)CCN(Cc3ccccc3)C2)CC1. The molecule has 0 bridgehead atoms. The van der Waals surface area contributed by atoms with Gasteiger partial charge < -0.3 is 10.2 Å². The summed E-state index contributed by atoms with van der Waals surface area (Å²) in [4.78, 5) is 28.3. The van der Waals surface area contributed by atoms with E-state index < -0.39 is 17.5 Å². The lowest BCUT2D eigenvalue weighted by atomic mass is 9.83. The summed E-state index contributed by atoms with van der Waals surface area (Å²) in [6.07, 6.45) is -4.05. The van der Waals surface area contributed by atoms with Gasteiger partial charge in [-0.25, -0.2) is 0 Å². The van der Waals surface area contributed by atoms with Gasteiger partial charge in [-0.2, -0.15) is 13.2 Å². The average Bonchev–Trinajstić information content (AvgIpc) is 3.13. The largest absolute Gasteiger partial charge is 0.404 e. The van der Waals surface area contributed by atoms with Gasteiger partial charge in [0, 0.05) is 38.1 Å². The highest BCUT2D eigenvalue weighted by Gasteiger charge is 2.64. The van der Waals surface area contributed by atoms with E-state index in [0.29, 0.717) is 19.4 Å². The molecule has 1 aromatic carbocycles. The summed E-state index contributed by atoms with van der Waals surface area (Å²) >= 11 is 0. The van der Waals surface area contributed by atoms with Crippen molar-refractivity contribution in [2.75, 3.05) is 26.2 Å². The molecule has 166 valence electrons. The highest BCUT2D eigenvalue weighted by Crippen LogP contribution is 2.47. The lowest BCUT2D eigenvalue weighted by Crippen LogP contribution is -2.56. The number of carbonyl (C=O) groups is 2. The fraction of sp³-hybridized carbons (Fsp3) is 0.636. The van der Waals surface area contributed by atoms with Gasteiger partial charge in [-0.15, -0.1) is 0 Å². The van der Waals surface area contributed by atoms with Crippen LogP contribution in [0.25, 0.3) is 0 Å². The minimum Gasteiger partial charge on any atom is -0.354 e. The molecule has 0 aliphatic carbocycles. The van der Waals surface area contributed by atoms with Gasteiger partial charge in [-0.1, -0.05) is 30.3 Å². The van der Waals surface area contributed by atoms with E-state index in [4.69, 9.17) is 0 Å². The van der Waals surface area contributed by atoms with Crippen LogP contribution in [0.4, 0.5) is 13.2 Å². The second-order valence-electron chi connectivity index (χ2n) is 8.76. The normalized spacial score (nSPS) is 23.7. The van der Waals surface area contributed by atoms with Crippen molar-refractivity contribution < 1.29 is 22.8 Å². The maximum absolute atomic E-state index is 14.1. The van der Waals surface area contributed by atoms with Gasteiger partial charge in [-0.05, 0) is 45.2 Å². The zero-order chi connectivity index (χ0) is 21.9. The van der Waals surface area contributed by atoms with E-state index in [-0.39, 0.29) is 50.5 Å². The highest BCUT2D eigenvalue weighted by atomic mass is 19.4. The van der Waals surface area contributed by atoms with Crippen LogP contribution in [0.2, 0.25) is 0 Å². The fourth-order valence-electron chi connectivity index (χ4n) is 4.44. The Kier molecular flexibility index (Phi) is 6.75. The van der Waals surface area contributed by atoms with Crippen LogP contribution in [0.5, 0.6) is 0 Å². The van der Waals surface area contributed by atoms with Gasteiger partial charge in [-0.3, -0.25) is 14.5 Å². The fourth-order valence-corrected chi connectivity index (χ4v) is 4.44. The molecule has 0 radical (unpaired) electrons. The monoisotopic (exact) mass is 425 g/mol. The summed E-state index contributed by atoms with van der Waals surface area (Å²) in [6, 6.07) is 9.34. The molecule has 2 heterocycles. The molecule has 2 amide bonds. The Morgan fingerprint density at radius 3 is 2.33 bits per heavy atom. The van der Waals surface area contributed by atoms with Gasteiger partial charge in [0.15, 0.2) is 5.41 Å². The van der Waals surface area contributed by atoms with Gasteiger partial charge in [0.05, 0.1) is 0 Å².